The third-order valence-electron chi connectivity index (χ3n) is 2.33. The Kier molecular flexibility index (Phi) is 3.22. The summed E-state index contributed by atoms with van der Waals surface area (Å²) in [7, 11) is 1.64. The second-order valence-electron chi connectivity index (χ2n) is 3.39. The number of hydrogen-bond acceptors (Lipinski definition) is 4. The molecule has 84 valence electrons. The molecule has 1 aromatic carbocycles. The fraction of sp³-hybridized carbons (Fsp3) is 0.250. The zero-order valence-corrected chi connectivity index (χ0v) is 9.14. The summed E-state index contributed by atoms with van der Waals surface area (Å²) in [5, 5.41) is 0.914. The lowest BCUT2D eigenvalue weighted by Crippen LogP contribution is -2.06. The number of methoxy groups -OCH3 is 1. The van der Waals surface area contributed by atoms with Crippen LogP contribution in [-0.2, 0) is 4.74 Å². The summed E-state index contributed by atoms with van der Waals surface area (Å²) in [6.07, 6.45) is 1.74. The van der Waals surface area contributed by atoms with Crippen molar-refractivity contribution in [3.05, 3.63) is 30.5 Å². The van der Waals surface area contributed by atoms with Crippen LogP contribution in [0.1, 0.15) is 0 Å². The molecule has 0 saturated heterocycles. The van der Waals surface area contributed by atoms with Gasteiger partial charge in [0.25, 0.3) is 0 Å². The van der Waals surface area contributed by atoms with Crippen molar-refractivity contribution in [3.8, 4) is 5.75 Å². The molecule has 0 aliphatic rings. The van der Waals surface area contributed by atoms with E-state index >= 15 is 0 Å². The maximum absolute atomic E-state index is 6.00. The molecule has 0 atom stereocenters. The average molecular weight is 218 g/mol. The smallest absolute Gasteiger partial charge is 0.143 e. The van der Waals surface area contributed by atoms with Gasteiger partial charge in [-0.15, -0.1) is 0 Å². The van der Waals surface area contributed by atoms with Crippen molar-refractivity contribution in [2.24, 2.45) is 0 Å². The number of benzene rings is 1. The van der Waals surface area contributed by atoms with E-state index in [1.807, 2.05) is 24.3 Å². The third kappa shape index (κ3) is 2.06. The maximum atomic E-state index is 6.00. The van der Waals surface area contributed by atoms with Crippen LogP contribution in [0.2, 0.25) is 0 Å². The van der Waals surface area contributed by atoms with Gasteiger partial charge in [-0.2, -0.15) is 0 Å². The van der Waals surface area contributed by atoms with Crippen LogP contribution >= 0.6 is 0 Å². The van der Waals surface area contributed by atoms with Crippen LogP contribution in [0.15, 0.2) is 30.5 Å². The van der Waals surface area contributed by atoms with E-state index < -0.39 is 0 Å². The van der Waals surface area contributed by atoms with Crippen LogP contribution in [0.5, 0.6) is 5.75 Å². The molecule has 0 amide bonds. The van der Waals surface area contributed by atoms with Crippen LogP contribution in [-0.4, -0.2) is 25.3 Å². The van der Waals surface area contributed by atoms with E-state index in [1.165, 1.54) is 0 Å². The van der Waals surface area contributed by atoms with E-state index in [0.29, 0.717) is 24.7 Å². The average Bonchev–Trinajstić information content (AvgIpc) is 2.33. The summed E-state index contributed by atoms with van der Waals surface area (Å²) in [6, 6.07) is 7.52. The number of anilines is 1. The lowest BCUT2D eigenvalue weighted by Gasteiger charge is -2.10. The van der Waals surface area contributed by atoms with Gasteiger partial charge >= 0.3 is 0 Å². The summed E-state index contributed by atoms with van der Waals surface area (Å²) < 4.78 is 10.4. The molecule has 0 spiro atoms. The minimum Gasteiger partial charge on any atom is -0.489 e. The number of fused-ring (bicyclic) bond motifs is 1. The molecular formula is C12H14N2O2. The van der Waals surface area contributed by atoms with Crippen LogP contribution in [0.4, 0.5) is 5.69 Å². The minimum absolute atomic E-state index is 0.493. The highest BCUT2D eigenvalue weighted by molar-refractivity contribution is 5.93. The van der Waals surface area contributed by atoms with E-state index in [2.05, 4.69) is 4.98 Å². The molecule has 0 bridgehead atoms. The Morgan fingerprint density at radius 3 is 2.94 bits per heavy atom. The number of aromatic nitrogens is 1. The highest BCUT2D eigenvalue weighted by atomic mass is 16.5. The first kappa shape index (κ1) is 10.7. The Morgan fingerprint density at radius 1 is 1.25 bits per heavy atom. The van der Waals surface area contributed by atoms with E-state index in [4.69, 9.17) is 15.2 Å². The lowest BCUT2D eigenvalue weighted by molar-refractivity contribution is 0.147. The number of rotatable bonds is 4. The summed E-state index contributed by atoms with van der Waals surface area (Å²) in [4.78, 5) is 4.22. The van der Waals surface area contributed by atoms with Crippen molar-refractivity contribution >= 4 is 16.6 Å². The van der Waals surface area contributed by atoms with Crippen LogP contribution in [0, 0.1) is 0 Å². The second kappa shape index (κ2) is 4.81. The zero-order valence-electron chi connectivity index (χ0n) is 9.14. The highest BCUT2D eigenvalue weighted by Crippen LogP contribution is 2.29. The molecule has 0 aliphatic carbocycles. The topological polar surface area (TPSA) is 57.4 Å². The zero-order chi connectivity index (χ0) is 11.4. The molecule has 0 fully saturated rings. The SMILES string of the molecule is COCCOc1ccc2ncccc2c1N. The van der Waals surface area contributed by atoms with Gasteiger partial charge in [0.15, 0.2) is 0 Å². The Morgan fingerprint density at radius 2 is 2.12 bits per heavy atom. The first-order valence-electron chi connectivity index (χ1n) is 5.08. The standard InChI is InChI=1S/C12H14N2O2/c1-15-7-8-16-11-5-4-10-9(12(11)13)3-2-6-14-10/h2-6H,7-8,13H2,1H3. The molecule has 1 aromatic heterocycles. The number of nitrogens with two attached hydrogens (primary N) is 1. The summed E-state index contributed by atoms with van der Waals surface area (Å²) >= 11 is 0. The van der Waals surface area contributed by atoms with Crippen molar-refractivity contribution in [2.45, 2.75) is 0 Å². The molecule has 0 radical (unpaired) electrons. The Labute approximate surface area is 94.0 Å². The number of pyridine rings is 1. The van der Waals surface area contributed by atoms with Gasteiger partial charge in [0.05, 0.1) is 17.8 Å². The van der Waals surface area contributed by atoms with Crippen molar-refractivity contribution in [1.29, 1.82) is 0 Å². The summed E-state index contributed by atoms with van der Waals surface area (Å²) in [6.45, 7) is 1.04. The Bertz CT molecular complexity index is 485. The Hall–Kier alpha value is -1.81. The van der Waals surface area contributed by atoms with Gasteiger partial charge in [0.2, 0.25) is 0 Å². The van der Waals surface area contributed by atoms with Gasteiger partial charge in [-0.1, -0.05) is 0 Å². The molecule has 1 heterocycles. The van der Waals surface area contributed by atoms with Gasteiger partial charge in [-0.3, -0.25) is 4.98 Å². The summed E-state index contributed by atoms with van der Waals surface area (Å²) in [5.74, 6) is 0.678. The van der Waals surface area contributed by atoms with Crippen LogP contribution in [0.25, 0.3) is 10.9 Å². The highest BCUT2D eigenvalue weighted by Gasteiger charge is 2.05. The van der Waals surface area contributed by atoms with E-state index in [0.717, 1.165) is 10.9 Å². The minimum atomic E-state index is 0.493. The van der Waals surface area contributed by atoms with Gasteiger partial charge in [0, 0.05) is 18.7 Å². The van der Waals surface area contributed by atoms with E-state index in [9.17, 15) is 0 Å². The third-order valence-corrected chi connectivity index (χ3v) is 2.33. The second-order valence-corrected chi connectivity index (χ2v) is 3.39. The number of nitrogen functional groups attached to an aromatic ring is 1. The normalized spacial score (nSPS) is 10.6. The van der Waals surface area contributed by atoms with E-state index in [-0.39, 0.29) is 0 Å². The molecule has 2 aromatic rings. The number of hydrogen-bond donors (Lipinski definition) is 1. The molecular weight excluding hydrogens is 204 g/mol. The largest absolute Gasteiger partial charge is 0.489 e. The molecule has 4 nitrogen and oxygen atoms in total. The van der Waals surface area contributed by atoms with Crippen molar-refractivity contribution in [2.75, 3.05) is 26.1 Å². The first-order valence-corrected chi connectivity index (χ1v) is 5.08. The van der Waals surface area contributed by atoms with Crippen molar-refractivity contribution in [3.63, 3.8) is 0 Å². The van der Waals surface area contributed by atoms with Gasteiger partial charge in [0.1, 0.15) is 12.4 Å². The van der Waals surface area contributed by atoms with Gasteiger partial charge in [-0.25, -0.2) is 0 Å². The molecule has 0 unspecified atom stereocenters. The van der Waals surface area contributed by atoms with Crippen molar-refractivity contribution < 1.29 is 9.47 Å². The Balaban J connectivity index is 2.29. The molecule has 0 aliphatic heterocycles. The monoisotopic (exact) mass is 218 g/mol. The predicted octanol–water partition coefficient (Wildman–Crippen LogP) is 1.84. The van der Waals surface area contributed by atoms with E-state index in [1.54, 1.807) is 13.3 Å². The first-order chi connectivity index (χ1) is 7.83. The molecule has 2 N–H and O–H groups in total. The molecule has 0 saturated carbocycles. The fourth-order valence-electron chi connectivity index (χ4n) is 1.52. The number of ether oxygens (including phenoxy) is 2. The maximum Gasteiger partial charge on any atom is 0.143 e. The summed E-state index contributed by atoms with van der Waals surface area (Å²) in [5.41, 5.74) is 7.50. The fourth-order valence-corrected chi connectivity index (χ4v) is 1.52. The molecule has 4 heteroatoms. The van der Waals surface area contributed by atoms with Crippen LogP contribution < -0.4 is 10.5 Å². The van der Waals surface area contributed by atoms with Crippen LogP contribution in [0.3, 0.4) is 0 Å². The van der Waals surface area contributed by atoms with Gasteiger partial charge in [-0.05, 0) is 24.3 Å². The van der Waals surface area contributed by atoms with Gasteiger partial charge < -0.3 is 15.2 Å². The quantitative estimate of drug-likeness (QED) is 0.628. The number of nitrogens with zero attached hydrogens (tertiary/aromatic N) is 1. The predicted molar refractivity (Wildman–Crippen MR) is 63.5 cm³/mol. The molecule has 2 rings (SSSR count). The lowest BCUT2D eigenvalue weighted by atomic mass is 10.2. The van der Waals surface area contributed by atoms with Crippen molar-refractivity contribution in [1.82, 2.24) is 4.98 Å². The molecule has 16 heavy (non-hydrogen) atoms.